The van der Waals surface area contributed by atoms with Crippen LogP contribution >= 0.6 is 0 Å². The Labute approximate surface area is 137 Å². The highest BCUT2D eigenvalue weighted by Gasteiger charge is 2.43. The van der Waals surface area contributed by atoms with E-state index in [1.54, 1.807) is 69.3 Å². The number of fused-ring (bicyclic) bond motifs is 1. The second-order valence-corrected chi connectivity index (χ2v) is 6.38. The first kappa shape index (κ1) is 14.0. The van der Waals surface area contributed by atoms with Crippen molar-refractivity contribution in [3.63, 3.8) is 0 Å². The van der Waals surface area contributed by atoms with Gasteiger partial charge in [-0.25, -0.2) is 9.69 Å². The Morgan fingerprint density at radius 3 is 2.35 bits per heavy atom. The Balaban J connectivity index is 2.13. The summed E-state index contributed by atoms with van der Waals surface area (Å²) in [6.07, 6.45) is -0.759. The Bertz CT molecular complexity index is 798. The fraction of sp³-hybridized carbons (Fsp3) is 0.263. The van der Waals surface area contributed by atoms with E-state index in [-0.39, 0.29) is 0 Å². The summed E-state index contributed by atoms with van der Waals surface area (Å²) >= 11 is 0. The molecule has 0 aromatic heterocycles. The summed E-state index contributed by atoms with van der Waals surface area (Å²) in [7, 11) is 0. The van der Waals surface area contributed by atoms with Gasteiger partial charge >= 0.3 is 6.09 Å². The second-order valence-electron chi connectivity index (χ2n) is 6.38. The van der Waals surface area contributed by atoms with Gasteiger partial charge in [-0.05, 0) is 38.0 Å². The van der Waals surface area contributed by atoms with Crippen molar-refractivity contribution in [2.24, 2.45) is 0 Å². The summed E-state index contributed by atoms with van der Waals surface area (Å²) in [5, 5.41) is 0. The van der Waals surface area contributed by atoms with Crippen molar-refractivity contribution in [1.82, 2.24) is 0 Å². The van der Waals surface area contributed by atoms with Gasteiger partial charge in [0.25, 0.3) is 0 Å². The standard InChI is InChI=1S/C19H19NO3/c1-19(2,3)23-18(22)20-15-12-8-7-11-14(15)16(17(20)21)13-9-5-4-6-10-13/h4-12,16H,1-3H3/i16D. The highest BCUT2D eigenvalue weighted by Crippen LogP contribution is 2.41. The zero-order valence-electron chi connectivity index (χ0n) is 14.4. The van der Waals surface area contributed by atoms with Gasteiger partial charge < -0.3 is 4.74 Å². The van der Waals surface area contributed by atoms with Crippen LogP contribution < -0.4 is 4.90 Å². The number of carbonyl (C=O) groups excluding carboxylic acids is 2. The second kappa shape index (κ2) is 5.54. The Morgan fingerprint density at radius 2 is 1.70 bits per heavy atom. The Kier molecular flexibility index (Phi) is 3.37. The predicted octanol–water partition coefficient (Wildman–Crippen LogP) is 4.10. The largest absolute Gasteiger partial charge is 0.443 e. The third kappa shape index (κ3) is 2.84. The summed E-state index contributed by atoms with van der Waals surface area (Å²) in [5.74, 6) is -2.28. The van der Waals surface area contributed by atoms with Gasteiger partial charge in [0.15, 0.2) is 0 Å². The minimum Gasteiger partial charge on any atom is -0.443 e. The lowest BCUT2D eigenvalue weighted by atomic mass is 9.93. The average Bonchev–Trinajstić information content (AvgIpc) is 2.76. The number of para-hydroxylation sites is 1. The molecule has 4 nitrogen and oxygen atoms in total. The third-order valence-corrected chi connectivity index (χ3v) is 3.47. The number of nitrogens with zero attached hydrogens (tertiary/aromatic N) is 1. The van der Waals surface area contributed by atoms with Gasteiger partial charge in [-0.3, -0.25) is 4.79 Å². The van der Waals surface area contributed by atoms with Crippen molar-refractivity contribution in [1.29, 1.82) is 0 Å². The first-order valence-electron chi connectivity index (χ1n) is 7.98. The van der Waals surface area contributed by atoms with E-state index in [9.17, 15) is 9.59 Å². The van der Waals surface area contributed by atoms with E-state index in [2.05, 4.69) is 0 Å². The number of imide groups is 1. The van der Waals surface area contributed by atoms with E-state index >= 15 is 0 Å². The molecule has 1 aliphatic rings. The van der Waals surface area contributed by atoms with E-state index < -0.39 is 23.5 Å². The lowest BCUT2D eigenvalue weighted by Gasteiger charge is -2.24. The van der Waals surface area contributed by atoms with E-state index in [1.165, 1.54) is 0 Å². The minimum atomic E-state index is -1.66. The molecule has 1 atom stereocenters. The van der Waals surface area contributed by atoms with Crippen LogP contribution in [-0.2, 0) is 9.53 Å². The minimum absolute atomic E-state index is 0.399. The number of anilines is 1. The predicted molar refractivity (Wildman–Crippen MR) is 88.4 cm³/mol. The van der Waals surface area contributed by atoms with Crippen molar-refractivity contribution in [2.75, 3.05) is 4.90 Å². The average molecular weight is 310 g/mol. The number of amides is 2. The molecule has 1 heterocycles. The third-order valence-electron chi connectivity index (χ3n) is 3.47. The number of rotatable bonds is 1. The van der Waals surface area contributed by atoms with Crippen LogP contribution in [0.15, 0.2) is 54.6 Å². The van der Waals surface area contributed by atoms with Crippen LogP contribution in [0.2, 0.25) is 0 Å². The van der Waals surface area contributed by atoms with Gasteiger partial charge in [-0.2, -0.15) is 0 Å². The Hall–Kier alpha value is -2.62. The molecule has 0 saturated heterocycles. The summed E-state index contributed by atoms with van der Waals surface area (Å²) in [5.41, 5.74) is 0.669. The fourth-order valence-corrected chi connectivity index (χ4v) is 2.59. The van der Waals surface area contributed by atoms with Crippen molar-refractivity contribution in [3.05, 3.63) is 65.7 Å². The van der Waals surface area contributed by atoms with Gasteiger partial charge in [0.2, 0.25) is 5.91 Å². The van der Waals surface area contributed by atoms with Gasteiger partial charge in [0.1, 0.15) is 5.60 Å². The first-order chi connectivity index (χ1) is 11.2. The van der Waals surface area contributed by atoms with E-state index in [4.69, 9.17) is 6.11 Å². The summed E-state index contributed by atoms with van der Waals surface area (Å²) in [6.45, 7) is 5.22. The molecule has 118 valence electrons. The van der Waals surface area contributed by atoms with Crippen LogP contribution in [0.1, 0.15) is 39.2 Å². The van der Waals surface area contributed by atoms with Gasteiger partial charge in [0, 0.05) is 0 Å². The lowest BCUT2D eigenvalue weighted by molar-refractivity contribution is -0.118. The highest BCUT2D eigenvalue weighted by molar-refractivity contribution is 6.20. The van der Waals surface area contributed by atoms with E-state index in [0.717, 1.165) is 4.90 Å². The molecule has 0 N–H and O–H groups in total. The molecule has 0 spiro atoms. The smallest absolute Gasteiger partial charge is 0.421 e. The van der Waals surface area contributed by atoms with Crippen molar-refractivity contribution in [2.45, 2.75) is 32.3 Å². The zero-order chi connectivity index (χ0) is 17.5. The maximum absolute atomic E-state index is 13.0. The topological polar surface area (TPSA) is 46.6 Å². The summed E-state index contributed by atoms with van der Waals surface area (Å²) in [6, 6.07) is 15.7. The van der Waals surface area contributed by atoms with E-state index in [0.29, 0.717) is 16.8 Å². The van der Waals surface area contributed by atoms with Crippen LogP contribution in [-0.4, -0.2) is 17.6 Å². The van der Waals surface area contributed by atoms with Crippen molar-refractivity contribution < 1.29 is 15.7 Å². The lowest BCUT2D eigenvalue weighted by Crippen LogP contribution is -2.39. The van der Waals surface area contributed by atoms with Crippen LogP contribution in [0.5, 0.6) is 0 Å². The molecule has 4 heteroatoms. The number of hydrogen-bond donors (Lipinski definition) is 0. The molecule has 0 saturated carbocycles. The molecule has 1 unspecified atom stereocenters. The summed E-state index contributed by atoms with van der Waals surface area (Å²) < 4.78 is 14.2. The molecule has 2 amide bonds. The van der Waals surface area contributed by atoms with Crippen LogP contribution in [0.4, 0.5) is 10.5 Å². The van der Waals surface area contributed by atoms with Crippen LogP contribution in [0.25, 0.3) is 0 Å². The number of ether oxygens (including phenoxy) is 1. The van der Waals surface area contributed by atoms with Gasteiger partial charge in [-0.1, -0.05) is 48.5 Å². The molecule has 0 fully saturated rings. The molecule has 1 aliphatic heterocycles. The molecule has 0 bridgehead atoms. The maximum atomic E-state index is 13.0. The molecule has 23 heavy (non-hydrogen) atoms. The molecule has 0 aliphatic carbocycles. The molecule has 2 aromatic rings. The first-order valence-corrected chi connectivity index (χ1v) is 7.48. The van der Waals surface area contributed by atoms with Crippen molar-refractivity contribution >= 4 is 17.7 Å². The molecule has 2 aromatic carbocycles. The number of carbonyl (C=O) groups is 2. The monoisotopic (exact) mass is 310 g/mol. The SMILES string of the molecule is [2H]C1(c2ccccc2)C(=O)N(C(=O)OC(C)(C)C)c2ccccc21. The molecule has 0 radical (unpaired) electrons. The summed E-state index contributed by atoms with van der Waals surface area (Å²) in [4.78, 5) is 26.6. The van der Waals surface area contributed by atoms with Crippen molar-refractivity contribution in [3.8, 4) is 0 Å². The number of benzene rings is 2. The highest BCUT2D eigenvalue weighted by atomic mass is 16.6. The zero-order valence-corrected chi connectivity index (χ0v) is 13.4. The fourth-order valence-electron chi connectivity index (χ4n) is 2.59. The molecular formula is C19H19NO3. The van der Waals surface area contributed by atoms with Gasteiger partial charge in [0.05, 0.1) is 13.0 Å². The quantitative estimate of drug-likeness (QED) is 0.796. The number of hydrogen-bond acceptors (Lipinski definition) is 3. The molecule has 3 rings (SSSR count). The molecular weight excluding hydrogens is 290 g/mol. The normalized spacial score (nSPS) is 20.9. The van der Waals surface area contributed by atoms with E-state index in [1.807, 2.05) is 6.07 Å². The van der Waals surface area contributed by atoms with Crippen LogP contribution in [0, 0.1) is 0 Å². The Morgan fingerprint density at radius 1 is 1.09 bits per heavy atom. The maximum Gasteiger partial charge on any atom is 0.421 e. The van der Waals surface area contributed by atoms with Crippen LogP contribution in [0.3, 0.4) is 0 Å². The van der Waals surface area contributed by atoms with Gasteiger partial charge in [-0.15, -0.1) is 0 Å².